The van der Waals surface area contributed by atoms with E-state index in [1.54, 1.807) is 19.1 Å². The van der Waals surface area contributed by atoms with Crippen LogP contribution in [0.25, 0.3) is 10.8 Å². The predicted octanol–water partition coefficient (Wildman–Crippen LogP) is 4.62. The Morgan fingerprint density at radius 3 is 2.41 bits per heavy atom. The van der Waals surface area contributed by atoms with Gasteiger partial charge in [0.2, 0.25) is 5.91 Å². The molecule has 0 aliphatic heterocycles. The van der Waals surface area contributed by atoms with E-state index >= 15 is 0 Å². The van der Waals surface area contributed by atoms with E-state index in [2.05, 4.69) is 6.07 Å². The van der Waals surface area contributed by atoms with Gasteiger partial charge in [-0.25, -0.2) is 0 Å². The van der Waals surface area contributed by atoms with Crippen molar-refractivity contribution in [2.45, 2.75) is 19.4 Å². The summed E-state index contributed by atoms with van der Waals surface area (Å²) in [5.74, 6) is 1.48. The van der Waals surface area contributed by atoms with Crippen molar-refractivity contribution in [2.24, 2.45) is 0 Å². The third-order valence-electron chi connectivity index (χ3n) is 4.92. The maximum Gasteiger partial charge on any atom is 0.229 e. The second kappa shape index (κ2) is 8.12. The predicted molar refractivity (Wildman–Crippen MR) is 108 cm³/mol. The molecule has 4 nitrogen and oxygen atoms in total. The largest absolute Gasteiger partial charge is 0.497 e. The molecule has 0 bridgehead atoms. The minimum Gasteiger partial charge on any atom is -0.497 e. The highest BCUT2D eigenvalue weighted by atomic mass is 16.5. The Labute approximate surface area is 160 Å². The van der Waals surface area contributed by atoms with E-state index < -0.39 is 0 Å². The summed E-state index contributed by atoms with van der Waals surface area (Å²) in [6, 6.07) is 19.9. The summed E-state index contributed by atoms with van der Waals surface area (Å²) >= 11 is 0. The molecule has 0 aliphatic rings. The quantitative estimate of drug-likeness (QED) is 0.641. The minimum atomic E-state index is -0.226. The maximum atomic E-state index is 12.9. The number of para-hydroxylation sites is 1. The van der Waals surface area contributed by atoms with Gasteiger partial charge < -0.3 is 14.4 Å². The molecular formula is C23H25NO3. The smallest absolute Gasteiger partial charge is 0.229 e. The van der Waals surface area contributed by atoms with Crippen molar-refractivity contribution in [3.63, 3.8) is 0 Å². The molecule has 0 aromatic heterocycles. The molecule has 1 atom stereocenters. The van der Waals surface area contributed by atoms with Crippen LogP contribution in [0.1, 0.15) is 24.0 Å². The summed E-state index contributed by atoms with van der Waals surface area (Å²) in [6.07, 6.45) is 0. The van der Waals surface area contributed by atoms with Crippen LogP contribution in [0.4, 0.5) is 0 Å². The molecule has 0 heterocycles. The molecule has 3 aromatic carbocycles. The third kappa shape index (κ3) is 4.05. The molecule has 0 aliphatic carbocycles. The fourth-order valence-electron chi connectivity index (χ4n) is 3.28. The van der Waals surface area contributed by atoms with Crippen LogP contribution >= 0.6 is 0 Å². The zero-order valence-electron chi connectivity index (χ0n) is 16.2. The topological polar surface area (TPSA) is 38.8 Å². The lowest BCUT2D eigenvalue weighted by Gasteiger charge is -2.23. The van der Waals surface area contributed by atoms with Crippen LogP contribution in [0.3, 0.4) is 0 Å². The van der Waals surface area contributed by atoms with Gasteiger partial charge >= 0.3 is 0 Å². The highest BCUT2D eigenvalue weighted by Crippen LogP contribution is 2.27. The van der Waals surface area contributed by atoms with Crippen molar-refractivity contribution in [1.29, 1.82) is 0 Å². The zero-order valence-corrected chi connectivity index (χ0v) is 16.2. The lowest BCUT2D eigenvalue weighted by Crippen LogP contribution is -2.30. The number of nitrogens with zero attached hydrogens (tertiary/aromatic N) is 1. The number of fused-ring (bicyclic) bond motifs is 1. The van der Waals surface area contributed by atoms with E-state index in [9.17, 15) is 4.79 Å². The van der Waals surface area contributed by atoms with Gasteiger partial charge in [-0.1, -0.05) is 42.5 Å². The van der Waals surface area contributed by atoms with Crippen LogP contribution in [0.2, 0.25) is 0 Å². The normalized spacial score (nSPS) is 11.9. The van der Waals surface area contributed by atoms with E-state index in [4.69, 9.17) is 9.47 Å². The van der Waals surface area contributed by atoms with Crippen LogP contribution in [0.5, 0.6) is 11.5 Å². The Balaban J connectivity index is 1.78. The first-order chi connectivity index (χ1) is 13.0. The molecule has 0 saturated heterocycles. The molecule has 3 aromatic rings. The van der Waals surface area contributed by atoms with Crippen LogP contribution < -0.4 is 9.47 Å². The van der Waals surface area contributed by atoms with Gasteiger partial charge in [-0.15, -0.1) is 0 Å². The summed E-state index contributed by atoms with van der Waals surface area (Å²) in [4.78, 5) is 14.7. The van der Waals surface area contributed by atoms with Gasteiger partial charge in [0, 0.05) is 19.2 Å². The van der Waals surface area contributed by atoms with E-state index in [1.165, 1.54) is 0 Å². The lowest BCUT2D eigenvalue weighted by atomic mass is 9.96. The molecule has 1 unspecified atom stereocenters. The number of likely N-dealkylation sites (N-methyl/N-ethyl adjacent to an activating group) is 1. The molecular weight excluding hydrogens is 338 g/mol. The second-order valence-corrected chi connectivity index (χ2v) is 6.70. The first-order valence-corrected chi connectivity index (χ1v) is 8.98. The van der Waals surface area contributed by atoms with Crippen LogP contribution in [-0.2, 0) is 11.3 Å². The van der Waals surface area contributed by atoms with Gasteiger partial charge in [-0.2, -0.15) is 0 Å². The van der Waals surface area contributed by atoms with Crippen molar-refractivity contribution in [3.8, 4) is 11.5 Å². The summed E-state index contributed by atoms with van der Waals surface area (Å²) in [7, 11) is 5.14. The molecule has 140 valence electrons. The van der Waals surface area contributed by atoms with Crippen LogP contribution in [0.15, 0.2) is 60.7 Å². The SMILES string of the molecule is COc1ccc2cc(C(C)C(=O)N(C)Cc3ccccc3OC)ccc2c1. The van der Waals surface area contributed by atoms with Crippen molar-refractivity contribution in [3.05, 3.63) is 71.8 Å². The number of benzene rings is 3. The van der Waals surface area contributed by atoms with E-state index in [0.717, 1.165) is 33.4 Å². The summed E-state index contributed by atoms with van der Waals surface area (Å²) in [6.45, 7) is 2.46. The number of hydrogen-bond acceptors (Lipinski definition) is 3. The van der Waals surface area contributed by atoms with Crippen molar-refractivity contribution >= 4 is 16.7 Å². The number of ether oxygens (including phenoxy) is 2. The molecule has 4 heteroatoms. The Hall–Kier alpha value is -3.01. The molecule has 0 radical (unpaired) electrons. The number of carbonyl (C=O) groups excluding carboxylic acids is 1. The lowest BCUT2D eigenvalue weighted by molar-refractivity contribution is -0.131. The summed E-state index contributed by atoms with van der Waals surface area (Å²) in [5, 5.41) is 2.19. The summed E-state index contributed by atoms with van der Waals surface area (Å²) in [5.41, 5.74) is 2.00. The number of hydrogen-bond donors (Lipinski definition) is 0. The van der Waals surface area contributed by atoms with Gasteiger partial charge in [0.15, 0.2) is 0 Å². The number of carbonyl (C=O) groups is 1. The number of rotatable bonds is 6. The minimum absolute atomic E-state index is 0.0776. The fourth-order valence-corrected chi connectivity index (χ4v) is 3.28. The first-order valence-electron chi connectivity index (χ1n) is 8.98. The Morgan fingerprint density at radius 2 is 1.67 bits per heavy atom. The van der Waals surface area contributed by atoms with Crippen molar-refractivity contribution < 1.29 is 14.3 Å². The van der Waals surface area contributed by atoms with E-state index in [0.29, 0.717) is 6.54 Å². The van der Waals surface area contributed by atoms with Crippen molar-refractivity contribution in [2.75, 3.05) is 21.3 Å². The van der Waals surface area contributed by atoms with Gasteiger partial charge in [-0.3, -0.25) is 4.79 Å². The Kier molecular flexibility index (Phi) is 5.65. The van der Waals surface area contributed by atoms with Crippen LogP contribution in [-0.4, -0.2) is 32.1 Å². The average Bonchev–Trinajstić information content (AvgIpc) is 2.72. The molecule has 0 spiro atoms. The molecule has 0 fully saturated rings. The van der Waals surface area contributed by atoms with Gasteiger partial charge in [-0.05, 0) is 41.5 Å². The van der Waals surface area contributed by atoms with Gasteiger partial charge in [0.25, 0.3) is 0 Å². The number of amides is 1. The van der Waals surface area contributed by atoms with Crippen LogP contribution in [0, 0.1) is 0 Å². The average molecular weight is 363 g/mol. The van der Waals surface area contributed by atoms with E-state index in [1.807, 2.05) is 68.6 Å². The zero-order chi connectivity index (χ0) is 19.4. The van der Waals surface area contributed by atoms with Crippen molar-refractivity contribution in [1.82, 2.24) is 4.90 Å². The first kappa shape index (κ1) is 18.8. The van der Waals surface area contributed by atoms with Gasteiger partial charge in [0.05, 0.1) is 20.1 Å². The maximum absolute atomic E-state index is 12.9. The standard InChI is InChI=1S/C23H25NO3/c1-16(17-9-10-19-14-21(26-3)12-11-18(19)13-17)23(25)24(2)15-20-7-5-6-8-22(20)27-4/h5-14,16H,15H2,1-4H3. The second-order valence-electron chi connectivity index (χ2n) is 6.70. The molecule has 0 saturated carbocycles. The fraction of sp³-hybridized carbons (Fsp3) is 0.261. The third-order valence-corrected chi connectivity index (χ3v) is 4.92. The Morgan fingerprint density at radius 1 is 0.963 bits per heavy atom. The van der Waals surface area contributed by atoms with E-state index in [-0.39, 0.29) is 11.8 Å². The van der Waals surface area contributed by atoms with Gasteiger partial charge in [0.1, 0.15) is 11.5 Å². The molecule has 3 rings (SSSR count). The molecule has 1 amide bonds. The molecule has 27 heavy (non-hydrogen) atoms. The Bertz CT molecular complexity index is 951. The summed E-state index contributed by atoms with van der Waals surface area (Å²) < 4.78 is 10.7. The number of methoxy groups -OCH3 is 2. The highest BCUT2D eigenvalue weighted by molar-refractivity contribution is 5.88. The molecule has 0 N–H and O–H groups in total. The highest BCUT2D eigenvalue weighted by Gasteiger charge is 2.20. The monoisotopic (exact) mass is 363 g/mol.